The molecule has 19 heavy (non-hydrogen) atoms. The van der Waals surface area contributed by atoms with Crippen LogP contribution in [0.25, 0.3) is 4.85 Å². The van der Waals surface area contributed by atoms with Crippen molar-refractivity contribution in [3.8, 4) is 0 Å². The van der Waals surface area contributed by atoms with Crippen molar-refractivity contribution in [3.63, 3.8) is 0 Å². The minimum absolute atomic E-state index is 0.217. The molecular weight excluding hydrogens is 240 g/mol. The molecule has 0 aliphatic carbocycles. The smallest absolute Gasteiger partial charge is 0.274 e. The SMILES string of the molecule is [C-]#[N+]c1cc(C)nc(C(=O)Nc2cccc(C)n2)c1. The van der Waals surface area contributed by atoms with Crippen LogP contribution in [0.4, 0.5) is 11.5 Å². The van der Waals surface area contributed by atoms with Gasteiger partial charge in [-0.05, 0) is 38.1 Å². The molecule has 94 valence electrons. The van der Waals surface area contributed by atoms with Crippen LogP contribution in [0, 0.1) is 20.4 Å². The summed E-state index contributed by atoms with van der Waals surface area (Å²) < 4.78 is 0. The predicted molar refractivity (Wildman–Crippen MR) is 72.2 cm³/mol. The van der Waals surface area contributed by atoms with Gasteiger partial charge in [-0.25, -0.2) is 9.83 Å². The molecule has 1 amide bonds. The highest BCUT2D eigenvalue weighted by Crippen LogP contribution is 2.15. The van der Waals surface area contributed by atoms with Gasteiger partial charge in [-0.2, -0.15) is 0 Å². The maximum Gasteiger partial charge on any atom is 0.274 e. The topological polar surface area (TPSA) is 59.2 Å². The van der Waals surface area contributed by atoms with Gasteiger partial charge in [0.25, 0.3) is 5.91 Å². The number of pyridine rings is 2. The monoisotopic (exact) mass is 252 g/mol. The molecule has 0 spiro atoms. The van der Waals surface area contributed by atoms with Crippen molar-refractivity contribution in [3.05, 3.63) is 58.8 Å². The molecule has 0 saturated carbocycles. The third-order valence-corrected chi connectivity index (χ3v) is 2.43. The molecule has 0 aromatic carbocycles. The van der Waals surface area contributed by atoms with Crippen LogP contribution in [0.1, 0.15) is 21.9 Å². The van der Waals surface area contributed by atoms with Crippen LogP contribution in [0.5, 0.6) is 0 Å². The molecule has 0 unspecified atom stereocenters. The summed E-state index contributed by atoms with van der Waals surface area (Å²) in [5.74, 6) is 0.101. The van der Waals surface area contributed by atoms with Crippen molar-refractivity contribution in [2.24, 2.45) is 0 Å². The highest BCUT2D eigenvalue weighted by molar-refractivity contribution is 6.02. The molecule has 0 aliphatic rings. The molecule has 0 bridgehead atoms. The molecular formula is C14H12N4O. The standard InChI is InChI=1S/C14H12N4O/c1-9-5-4-6-13(17-9)18-14(19)12-8-11(15-3)7-10(2)16-12/h4-8H,1-2H3,(H,17,18,19). The van der Waals surface area contributed by atoms with E-state index in [-0.39, 0.29) is 11.6 Å². The number of carbonyl (C=O) groups excluding carboxylic acids is 1. The lowest BCUT2D eigenvalue weighted by Gasteiger charge is -2.05. The third kappa shape index (κ3) is 3.13. The molecule has 0 fully saturated rings. The average molecular weight is 252 g/mol. The maximum atomic E-state index is 12.0. The number of aryl methyl sites for hydroxylation is 2. The first-order valence-electron chi connectivity index (χ1n) is 5.69. The van der Waals surface area contributed by atoms with Gasteiger partial charge in [0.15, 0.2) is 5.69 Å². The Bertz CT molecular complexity index is 673. The Balaban J connectivity index is 2.25. The fraction of sp³-hybridized carbons (Fsp3) is 0.143. The van der Waals surface area contributed by atoms with Gasteiger partial charge in [0.1, 0.15) is 11.5 Å². The molecule has 0 radical (unpaired) electrons. The summed E-state index contributed by atoms with van der Waals surface area (Å²) in [5, 5.41) is 2.66. The number of nitrogens with zero attached hydrogens (tertiary/aromatic N) is 3. The minimum atomic E-state index is -0.369. The Hall–Kier alpha value is -2.74. The van der Waals surface area contributed by atoms with Crippen molar-refractivity contribution in [1.29, 1.82) is 0 Å². The molecule has 5 heteroatoms. The Morgan fingerprint density at radius 3 is 2.68 bits per heavy atom. The van der Waals surface area contributed by atoms with E-state index in [9.17, 15) is 4.79 Å². The second-order valence-electron chi connectivity index (χ2n) is 4.08. The molecule has 0 saturated heterocycles. The van der Waals surface area contributed by atoms with Crippen LogP contribution in [-0.4, -0.2) is 15.9 Å². The first kappa shape index (κ1) is 12.7. The maximum absolute atomic E-state index is 12.0. The van der Waals surface area contributed by atoms with E-state index in [0.29, 0.717) is 17.2 Å². The van der Waals surface area contributed by atoms with E-state index in [0.717, 1.165) is 5.69 Å². The zero-order chi connectivity index (χ0) is 13.8. The van der Waals surface area contributed by atoms with E-state index in [1.807, 2.05) is 19.1 Å². The normalized spacial score (nSPS) is 9.74. The Labute approximate surface area is 111 Å². The zero-order valence-electron chi connectivity index (χ0n) is 10.6. The molecule has 2 heterocycles. The summed E-state index contributed by atoms with van der Waals surface area (Å²) in [6.45, 7) is 10.6. The number of nitrogens with one attached hydrogen (secondary N) is 1. The molecule has 2 aromatic rings. The van der Waals surface area contributed by atoms with Gasteiger partial charge < -0.3 is 5.32 Å². The van der Waals surface area contributed by atoms with Crippen LogP contribution >= 0.6 is 0 Å². The minimum Gasteiger partial charge on any atom is -0.305 e. The van der Waals surface area contributed by atoms with E-state index in [2.05, 4.69) is 20.1 Å². The van der Waals surface area contributed by atoms with E-state index in [1.54, 1.807) is 19.1 Å². The van der Waals surface area contributed by atoms with E-state index >= 15 is 0 Å². The first-order chi connectivity index (χ1) is 9.08. The van der Waals surface area contributed by atoms with Gasteiger partial charge >= 0.3 is 0 Å². The van der Waals surface area contributed by atoms with E-state index in [1.165, 1.54) is 6.07 Å². The van der Waals surface area contributed by atoms with Gasteiger partial charge in [-0.15, -0.1) is 0 Å². The number of anilines is 1. The first-order valence-corrected chi connectivity index (χ1v) is 5.69. The van der Waals surface area contributed by atoms with Gasteiger partial charge in [0.2, 0.25) is 0 Å². The fourth-order valence-electron chi connectivity index (χ4n) is 1.62. The van der Waals surface area contributed by atoms with Crippen molar-refractivity contribution >= 4 is 17.4 Å². The second kappa shape index (κ2) is 5.27. The van der Waals surface area contributed by atoms with Crippen molar-refractivity contribution < 1.29 is 4.79 Å². The number of aromatic nitrogens is 2. The predicted octanol–water partition coefficient (Wildman–Crippen LogP) is 2.90. The number of hydrogen-bond donors (Lipinski definition) is 1. The second-order valence-corrected chi connectivity index (χ2v) is 4.08. The summed E-state index contributed by atoms with van der Waals surface area (Å²) in [4.78, 5) is 23.6. The van der Waals surface area contributed by atoms with E-state index < -0.39 is 0 Å². The van der Waals surface area contributed by atoms with Crippen LogP contribution < -0.4 is 5.32 Å². The molecule has 1 N–H and O–H groups in total. The molecule has 2 rings (SSSR count). The van der Waals surface area contributed by atoms with Gasteiger partial charge in [-0.3, -0.25) is 9.78 Å². The Kier molecular flexibility index (Phi) is 3.53. The van der Waals surface area contributed by atoms with Crippen LogP contribution in [0.15, 0.2) is 30.3 Å². The summed E-state index contributed by atoms with van der Waals surface area (Å²) in [6.07, 6.45) is 0. The van der Waals surface area contributed by atoms with Crippen LogP contribution in [-0.2, 0) is 0 Å². The van der Waals surface area contributed by atoms with Gasteiger partial charge in [0.05, 0.1) is 6.57 Å². The van der Waals surface area contributed by atoms with Crippen molar-refractivity contribution in [2.75, 3.05) is 5.32 Å². The number of rotatable bonds is 2. The van der Waals surface area contributed by atoms with Crippen LogP contribution in [0.2, 0.25) is 0 Å². The molecule has 0 aliphatic heterocycles. The lowest BCUT2D eigenvalue weighted by atomic mass is 10.2. The summed E-state index contributed by atoms with van der Waals surface area (Å²) >= 11 is 0. The van der Waals surface area contributed by atoms with Crippen molar-refractivity contribution in [1.82, 2.24) is 9.97 Å². The largest absolute Gasteiger partial charge is 0.305 e. The number of hydrogen-bond acceptors (Lipinski definition) is 3. The summed E-state index contributed by atoms with van der Waals surface area (Å²) in [5.41, 5.74) is 2.07. The molecule has 5 nitrogen and oxygen atoms in total. The lowest BCUT2D eigenvalue weighted by Crippen LogP contribution is -2.15. The zero-order valence-corrected chi connectivity index (χ0v) is 10.6. The van der Waals surface area contributed by atoms with Crippen molar-refractivity contribution in [2.45, 2.75) is 13.8 Å². The Morgan fingerprint density at radius 2 is 2.00 bits per heavy atom. The summed E-state index contributed by atoms with van der Waals surface area (Å²) in [6, 6.07) is 8.46. The molecule has 2 aromatic heterocycles. The third-order valence-electron chi connectivity index (χ3n) is 2.43. The Morgan fingerprint density at radius 1 is 1.21 bits per heavy atom. The van der Waals surface area contributed by atoms with E-state index in [4.69, 9.17) is 6.57 Å². The van der Waals surface area contributed by atoms with Crippen LogP contribution in [0.3, 0.4) is 0 Å². The fourth-order valence-corrected chi connectivity index (χ4v) is 1.62. The quantitative estimate of drug-likeness (QED) is 0.836. The van der Waals surface area contributed by atoms with Gasteiger partial charge in [-0.1, -0.05) is 6.07 Å². The van der Waals surface area contributed by atoms with Gasteiger partial charge in [0, 0.05) is 11.4 Å². The number of amides is 1. The summed E-state index contributed by atoms with van der Waals surface area (Å²) in [7, 11) is 0. The lowest BCUT2D eigenvalue weighted by molar-refractivity contribution is 0.102. The highest BCUT2D eigenvalue weighted by atomic mass is 16.1. The number of carbonyl (C=O) groups is 1. The highest BCUT2D eigenvalue weighted by Gasteiger charge is 2.10. The molecule has 0 atom stereocenters. The average Bonchev–Trinajstić information content (AvgIpc) is 2.38.